The first kappa shape index (κ1) is 16.0. The van der Waals surface area contributed by atoms with Gasteiger partial charge in [-0.05, 0) is 6.92 Å². The summed E-state index contributed by atoms with van der Waals surface area (Å²) in [6.07, 6.45) is 2.13. The fourth-order valence-electron chi connectivity index (χ4n) is 2.54. The smallest absolute Gasteiger partial charge is 0.134 e. The van der Waals surface area contributed by atoms with Gasteiger partial charge in [-0.3, -0.25) is 0 Å². The first-order chi connectivity index (χ1) is 10.1. The van der Waals surface area contributed by atoms with Crippen LogP contribution in [0.3, 0.4) is 0 Å². The second-order valence-corrected chi connectivity index (χ2v) is 5.60. The van der Waals surface area contributed by atoms with Crippen LogP contribution in [0.5, 0.6) is 0 Å². The van der Waals surface area contributed by atoms with E-state index in [1.165, 1.54) is 0 Å². The van der Waals surface area contributed by atoms with E-state index in [4.69, 9.17) is 4.74 Å². The molecule has 21 heavy (non-hydrogen) atoms. The molecule has 1 saturated heterocycles. The van der Waals surface area contributed by atoms with Crippen LogP contribution in [0.15, 0.2) is 6.07 Å². The van der Waals surface area contributed by atoms with Crippen molar-refractivity contribution < 1.29 is 9.84 Å². The van der Waals surface area contributed by atoms with E-state index >= 15 is 0 Å². The Morgan fingerprint density at radius 1 is 1.33 bits per heavy atom. The molecule has 0 atom stereocenters. The highest BCUT2D eigenvalue weighted by atomic mass is 16.5. The highest BCUT2D eigenvalue weighted by Gasteiger charge is 2.31. The number of hydrogen-bond donors (Lipinski definition) is 2. The monoisotopic (exact) mass is 294 g/mol. The largest absolute Gasteiger partial charge is 0.388 e. The lowest BCUT2D eigenvalue weighted by atomic mass is 9.94. The van der Waals surface area contributed by atoms with Gasteiger partial charge < -0.3 is 20.1 Å². The van der Waals surface area contributed by atoms with Gasteiger partial charge in [0.05, 0.1) is 5.60 Å². The number of nitrogens with one attached hydrogen (secondary N) is 1. The number of nitrogens with zero attached hydrogens (tertiary/aromatic N) is 3. The van der Waals surface area contributed by atoms with Gasteiger partial charge in [0.2, 0.25) is 0 Å². The van der Waals surface area contributed by atoms with Gasteiger partial charge >= 0.3 is 0 Å². The minimum atomic E-state index is -0.692. The third-order valence-corrected chi connectivity index (χ3v) is 3.78. The molecule has 118 valence electrons. The Balaban J connectivity index is 2.13. The van der Waals surface area contributed by atoms with E-state index < -0.39 is 5.60 Å². The molecular formula is C15H26N4O2. The molecule has 2 rings (SSSR count). The highest BCUT2D eigenvalue weighted by molar-refractivity contribution is 5.49. The van der Waals surface area contributed by atoms with Crippen molar-refractivity contribution in [1.29, 1.82) is 0 Å². The van der Waals surface area contributed by atoms with Crippen molar-refractivity contribution in [2.45, 2.75) is 38.7 Å². The third kappa shape index (κ3) is 4.28. The van der Waals surface area contributed by atoms with Crippen LogP contribution in [0, 0.1) is 0 Å². The second-order valence-electron chi connectivity index (χ2n) is 5.60. The molecule has 6 nitrogen and oxygen atoms in total. The molecule has 0 radical (unpaired) electrons. The zero-order chi connectivity index (χ0) is 15.3. The van der Waals surface area contributed by atoms with Crippen LogP contribution < -0.4 is 10.2 Å². The Morgan fingerprint density at radius 3 is 2.67 bits per heavy atom. The molecule has 1 aliphatic heterocycles. The average molecular weight is 294 g/mol. The Bertz CT molecular complexity index is 461. The molecule has 0 unspecified atom stereocenters. The summed E-state index contributed by atoms with van der Waals surface area (Å²) >= 11 is 0. The van der Waals surface area contributed by atoms with Crippen molar-refractivity contribution in [3.63, 3.8) is 0 Å². The van der Waals surface area contributed by atoms with E-state index in [0.717, 1.165) is 30.4 Å². The van der Waals surface area contributed by atoms with Crippen LogP contribution in [0.4, 0.5) is 11.6 Å². The van der Waals surface area contributed by atoms with Gasteiger partial charge in [0.25, 0.3) is 0 Å². The number of ether oxygens (including phenoxy) is 1. The fraction of sp³-hybridized carbons (Fsp3) is 0.733. The summed E-state index contributed by atoms with van der Waals surface area (Å²) in [5.74, 6) is 2.50. The summed E-state index contributed by atoms with van der Waals surface area (Å²) in [6, 6.07) is 1.94. The number of aliphatic hydroxyl groups is 1. The maximum Gasteiger partial charge on any atom is 0.134 e. The van der Waals surface area contributed by atoms with Gasteiger partial charge in [-0.1, -0.05) is 6.92 Å². The molecule has 6 heteroatoms. The summed E-state index contributed by atoms with van der Waals surface area (Å²) < 4.78 is 5.33. The van der Waals surface area contributed by atoms with Gasteiger partial charge in [-0.15, -0.1) is 0 Å². The summed E-state index contributed by atoms with van der Waals surface area (Å²) in [5.41, 5.74) is -0.692. The summed E-state index contributed by atoms with van der Waals surface area (Å²) in [5, 5.41) is 13.9. The number of anilines is 2. The average Bonchev–Trinajstić information content (AvgIpc) is 2.47. The van der Waals surface area contributed by atoms with Gasteiger partial charge in [-0.25, -0.2) is 9.97 Å². The van der Waals surface area contributed by atoms with Crippen molar-refractivity contribution in [3.05, 3.63) is 11.9 Å². The van der Waals surface area contributed by atoms with Crippen molar-refractivity contribution in [2.24, 2.45) is 0 Å². The lowest BCUT2D eigenvalue weighted by Gasteiger charge is -2.35. The molecule has 0 aliphatic carbocycles. The van der Waals surface area contributed by atoms with Crippen molar-refractivity contribution in [1.82, 2.24) is 9.97 Å². The molecule has 1 aliphatic rings. The molecule has 1 fully saturated rings. The number of likely N-dealkylation sites (N-methyl/N-ethyl adjacent to an activating group) is 1. The van der Waals surface area contributed by atoms with Crippen molar-refractivity contribution >= 4 is 11.6 Å². The Kier molecular flexibility index (Phi) is 5.36. The number of hydrogen-bond acceptors (Lipinski definition) is 6. The van der Waals surface area contributed by atoms with E-state index in [9.17, 15) is 5.11 Å². The zero-order valence-electron chi connectivity index (χ0n) is 13.2. The van der Waals surface area contributed by atoms with Gasteiger partial charge in [0, 0.05) is 58.7 Å². The van der Waals surface area contributed by atoms with Crippen molar-refractivity contribution in [3.8, 4) is 0 Å². The second kappa shape index (κ2) is 7.04. The highest BCUT2D eigenvalue weighted by Crippen LogP contribution is 2.24. The lowest BCUT2D eigenvalue weighted by Crippen LogP contribution is -2.46. The van der Waals surface area contributed by atoms with E-state index in [-0.39, 0.29) is 0 Å². The SMILES string of the molecule is CCNc1cc(N(C)CC2(O)CCOCC2)nc(CC)n1. The molecule has 2 N–H and O–H groups in total. The normalized spacial score (nSPS) is 17.5. The Morgan fingerprint density at radius 2 is 2.05 bits per heavy atom. The van der Waals surface area contributed by atoms with Gasteiger partial charge in [0.1, 0.15) is 17.5 Å². The lowest BCUT2D eigenvalue weighted by molar-refractivity contribution is -0.0573. The predicted molar refractivity (Wildman–Crippen MR) is 83.8 cm³/mol. The van der Waals surface area contributed by atoms with Crippen LogP contribution in [0.25, 0.3) is 0 Å². The summed E-state index contributed by atoms with van der Waals surface area (Å²) in [6.45, 7) is 6.71. The maximum absolute atomic E-state index is 10.6. The number of aromatic nitrogens is 2. The Hall–Kier alpha value is -1.40. The third-order valence-electron chi connectivity index (χ3n) is 3.78. The topological polar surface area (TPSA) is 70.5 Å². The molecule has 0 saturated carbocycles. The van der Waals surface area contributed by atoms with Gasteiger partial charge in [0.15, 0.2) is 0 Å². The molecule has 0 spiro atoms. The molecule has 1 aromatic heterocycles. The quantitative estimate of drug-likeness (QED) is 0.827. The summed E-state index contributed by atoms with van der Waals surface area (Å²) in [4.78, 5) is 11.0. The van der Waals surface area contributed by atoms with Crippen LogP contribution in [0.1, 0.15) is 32.5 Å². The van der Waals surface area contributed by atoms with E-state index in [0.29, 0.717) is 32.6 Å². The van der Waals surface area contributed by atoms with Crippen LogP contribution in [-0.4, -0.2) is 54.0 Å². The first-order valence-corrected chi connectivity index (χ1v) is 7.69. The molecule has 0 amide bonds. The van der Waals surface area contributed by atoms with E-state index in [2.05, 4.69) is 15.3 Å². The van der Waals surface area contributed by atoms with Crippen LogP contribution >= 0.6 is 0 Å². The first-order valence-electron chi connectivity index (χ1n) is 7.69. The van der Waals surface area contributed by atoms with Crippen LogP contribution in [-0.2, 0) is 11.2 Å². The zero-order valence-corrected chi connectivity index (χ0v) is 13.2. The molecule has 0 bridgehead atoms. The fourth-order valence-corrected chi connectivity index (χ4v) is 2.54. The predicted octanol–water partition coefficient (Wildman–Crippen LogP) is 1.45. The Labute approximate surface area is 126 Å². The minimum Gasteiger partial charge on any atom is -0.388 e. The standard InChI is InChI=1S/C15H26N4O2/c1-4-12-17-13(16-5-2)10-14(18-12)19(3)11-15(20)6-8-21-9-7-15/h10,20H,4-9,11H2,1-3H3,(H,16,17,18). The van der Waals surface area contributed by atoms with Crippen LogP contribution in [0.2, 0.25) is 0 Å². The molecule has 2 heterocycles. The maximum atomic E-state index is 10.6. The number of aryl methyl sites for hydroxylation is 1. The molecular weight excluding hydrogens is 268 g/mol. The van der Waals surface area contributed by atoms with Crippen molar-refractivity contribution in [2.75, 3.05) is 43.6 Å². The van der Waals surface area contributed by atoms with E-state index in [1.807, 2.05) is 31.9 Å². The van der Waals surface area contributed by atoms with Gasteiger partial charge in [-0.2, -0.15) is 0 Å². The minimum absolute atomic E-state index is 0.558. The molecule has 1 aromatic rings. The van der Waals surface area contributed by atoms with E-state index in [1.54, 1.807) is 0 Å². The summed E-state index contributed by atoms with van der Waals surface area (Å²) in [7, 11) is 1.96. The number of rotatable bonds is 6. The molecule has 0 aromatic carbocycles.